The quantitative estimate of drug-likeness (QED) is 0.762. The van der Waals surface area contributed by atoms with Crippen LogP contribution in [0, 0.1) is 13.8 Å². The zero-order valence-electron chi connectivity index (χ0n) is 8.32. The molecule has 0 radical (unpaired) electrons. The van der Waals surface area contributed by atoms with Crippen LogP contribution in [0.5, 0.6) is 0 Å². The molecule has 3 heteroatoms. The van der Waals surface area contributed by atoms with Crippen molar-refractivity contribution >= 4 is 5.97 Å². The molecule has 0 amide bonds. The summed E-state index contributed by atoms with van der Waals surface area (Å²) in [6.45, 7) is 3.83. The maximum Gasteiger partial charge on any atom is 0.332 e. The lowest BCUT2D eigenvalue weighted by Gasteiger charge is -2.11. The minimum Gasteiger partial charge on any atom is -0.479 e. The van der Waals surface area contributed by atoms with E-state index in [4.69, 9.17) is 5.11 Å². The van der Waals surface area contributed by atoms with E-state index in [9.17, 15) is 9.90 Å². The number of carboxylic acids is 1. The fourth-order valence-electron chi connectivity index (χ4n) is 1.45. The average Bonchev–Trinajstić information content (AvgIpc) is 2.11. The molecule has 1 unspecified atom stereocenters. The third-order valence-electron chi connectivity index (χ3n) is 2.33. The van der Waals surface area contributed by atoms with E-state index in [1.54, 1.807) is 0 Å². The predicted molar refractivity (Wildman–Crippen MR) is 53.3 cm³/mol. The van der Waals surface area contributed by atoms with Crippen molar-refractivity contribution in [2.45, 2.75) is 26.4 Å². The van der Waals surface area contributed by atoms with Crippen molar-refractivity contribution in [3.8, 4) is 0 Å². The molecule has 0 saturated carbocycles. The van der Waals surface area contributed by atoms with Gasteiger partial charge in [0, 0.05) is 6.42 Å². The van der Waals surface area contributed by atoms with Crippen LogP contribution >= 0.6 is 0 Å². The molecule has 0 bridgehead atoms. The van der Waals surface area contributed by atoms with Crippen LogP contribution < -0.4 is 0 Å². The third-order valence-corrected chi connectivity index (χ3v) is 2.33. The second kappa shape index (κ2) is 4.24. The number of aliphatic hydroxyl groups is 1. The number of aliphatic carboxylic acids is 1. The normalized spacial score (nSPS) is 12.5. The first-order chi connectivity index (χ1) is 6.52. The molecule has 0 heterocycles. The topological polar surface area (TPSA) is 57.5 Å². The molecule has 1 aromatic carbocycles. The van der Waals surface area contributed by atoms with Crippen molar-refractivity contribution in [3.63, 3.8) is 0 Å². The van der Waals surface area contributed by atoms with Crippen LogP contribution in [-0.2, 0) is 11.2 Å². The van der Waals surface area contributed by atoms with Crippen LogP contribution in [0.15, 0.2) is 18.2 Å². The molecule has 14 heavy (non-hydrogen) atoms. The Labute approximate surface area is 83.0 Å². The zero-order valence-corrected chi connectivity index (χ0v) is 8.32. The van der Waals surface area contributed by atoms with Gasteiger partial charge >= 0.3 is 5.97 Å². The van der Waals surface area contributed by atoms with Crippen molar-refractivity contribution in [2.75, 3.05) is 0 Å². The van der Waals surface area contributed by atoms with Crippen LogP contribution in [0.25, 0.3) is 0 Å². The molecule has 0 aliphatic heterocycles. The van der Waals surface area contributed by atoms with Crippen LogP contribution in [0.4, 0.5) is 0 Å². The van der Waals surface area contributed by atoms with Gasteiger partial charge in [0.2, 0.25) is 0 Å². The first-order valence-electron chi connectivity index (χ1n) is 4.48. The van der Waals surface area contributed by atoms with Gasteiger partial charge in [0.05, 0.1) is 0 Å². The third kappa shape index (κ3) is 2.33. The molecule has 0 spiro atoms. The first kappa shape index (κ1) is 10.7. The summed E-state index contributed by atoms with van der Waals surface area (Å²) in [7, 11) is 0. The van der Waals surface area contributed by atoms with Crippen molar-refractivity contribution in [1.82, 2.24) is 0 Å². The highest BCUT2D eigenvalue weighted by Crippen LogP contribution is 2.15. The number of carboxylic acid groups (broad SMARTS) is 1. The van der Waals surface area contributed by atoms with Crippen molar-refractivity contribution in [3.05, 3.63) is 34.9 Å². The number of benzene rings is 1. The van der Waals surface area contributed by atoms with Gasteiger partial charge in [-0.05, 0) is 30.5 Å². The lowest BCUT2D eigenvalue weighted by Crippen LogP contribution is -2.22. The van der Waals surface area contributed by atoms with E-state index in [0.29, 0.717) is 0 Å². The van der Waals surface area contributed by atoms with Crippen LogP contribution in [0.1, 0.15) is 16.7 Å². The molecule has 3 nitrogen and oxygen atoms in total. The molecule has 76 valence electrons. The molecule has 2 N–H and O–H groups in total. The van der Waals surface area contributed by atoms with Gasteiger partial charge in [0.25, 0.3) is 0 Å². The number of aliphatic hydroxyl groups excluding tert-OH is 1. The number of rotatable bonds is 3. The van der Waals surface area contributed by atoms with Crippen molar-refractivity contribution < 1.29 is 15.0 Å². The van der Waals surface area contributed by atoms with E-state index >= 15 is 0 Å². The largest absolute Gasteiger partial charge is 0.479 e. The van der Waals surface area contributed by atoms with Gasteiger partial charge in [-0.2, -0.15) is 0 Å². The van der Waals surface area contributed by atoms with Gasteiger partial charge in [-0.1, -0.05) is 18.2 Å². The highest BCUT2D eigenvalue weighted by atomic mass is 16.4. The monoisotopic (exact) mass is 194 g/mol. The molecular formula is C11H14O3. The Hall–Kier alpha value is -1.35. The molecule has 1 rings (SSSR count). The summed E-state index contributed by atoms with van der Waals surface area (Å²) in [6.07, 6.45) is -1.14. The summed E-state index contributed by atoms with van der Waals surface area (Å²) in [6, 6.07) is 5.75. The number of hydrogen-bond acceptors (Lipinski definition) is 2. The maximum absolute atomic E-state index is 10.5. The standard InChI is InChI=1S/C11H14O3/c1-7-4-3-5-8(2)9(7)6-10(12)11(13)14/h3-5,10,12H,6H2,1-2H3,(H,13,14). The molecular weight excluding hydrogens is 180 g/mol. The highest BCUT2D eigenvalue weighted by Gasteiger charge is 2.15. The van der Waals surface area contributed by atoms with Crippen molar-refractivity contribution in [1.29, 1.82) is 0 Å². The van der Waals surface area contributed by atoms with Crippen LogP contribution in [-0.4, -0.2) is 22.3 Å². The molecule has 0 aliphatic carbocycles. The van der Waals surface area contributed by atoms with Gasteiger partial charge in [0.1, 0.15) is 0 Å². The minimum atomic E-state index is -1.31. The molecule has 1 atom stereocenters. The Bertz CT molecular complexity index is 324. The lowest BCUT2D eigenvalue weighted by atomic mass is 9.98. The minimum absolute atomic E-state index is 0.174. The van der Waals surface area contributed by atoms with Crippen LogP contribution in [0.3, 0.4) is 0 Å². The van der Waals surface area contributed by atoms with Gasteiger partial charge in [-0.3, -0.25) is 0 Å². The summed E-state index contributed by atoms with van der Waals surface area (Å²) < 4.78 is 0. The molecule has 0 aliphatic rings. The van der Waals surface area contributed by atoms with E-state index < -0.39 is 12.1 Å². The van der Waals surface area contributed by atoms with Crippen LogP contribution in [0.2, 0.25) is 0 Å². The fourth-order valence-corrected chi connectivity index (χ4v) is 1.45. The Morgan fingerprint density at radius 1 is 1.36 bits per heavy atom. The predicted octanol–water partition coefficient (Wildman–Crippen LogP) is 1.29. The maximum atomic E-state index is 10.5. The molecule has 1 aromatic rings. The fraction of sp³-hybridized carbons (Fsp3) is 0.364. The smallest absolute Gasteiger partial charge is 0.332 e. The summed E-state index contributed by atoms with van der Waals surface area (Å²) in [5.41, 5.74) is 2.96. The lowest BCUT2D eigenvalue weighted by molar-refractivity contribution is -0.146. The summed E-state index contributed by atoms with van der Waals surface area (Å²) in [5, 5.41) is 17.8. The number of carbonyl (C=O) groups is 1. The Morgan fingerprint density at radius 3 is 2.29 bits per heavy atom. The van der Waals surface area contributed by atoms with Gasteiger partial charge in [-0.15, -0.1) is 0 Å². The zero-order chi connectivity index (χ0) is 10.7. The summed E-state index contributed by atoms with van der Waals surface area (Å²) in [4.78, 5) is 10.5. The van der Waals surface area contributed by atoms with Gasteiger partial charge in [0.15, 0.2) is 6.10 Å². The number of aryl methyl sites for hydroxylation is 2. The SMILES string of the molecule is Cc1cccc(C)c1CC(O)C(=O)O. The molecule has 0 aromatic heterocycles. The highest BCUT2D eigenvalue weighted by molar-refractivity contribution is 5.72. The summed E-state index contributed by atoms with van der Waals surface area (Å²) >= 11 is 0. The Kier molecular flexibility index (Phi) is 3.25. The van der Waals surface area contributed by atoms with Gasteiger partial charge < -0.3 is 10.2 Å². The van der Waals surface area contributed by atoms with Gasteiger partial charge in [-0.25, -0.2) is 4.79 Å². The van der Waals surface area contributed by atoms with E-state index in [1.165, 1.54) is 0 Å². The van der Waals surface area contributed by atoms with E-state index in [2.05, 4.69) is 0 Å². The van der Waals surface area contributed by atoms with Crippen molar-refractivity contribution in [2.24, 2.45) is 0 Å². The second-order valence-electron chi connectivity index (χ2n) is 3.43. The number of hydrogen-bond donors (Lipinski definition) is 2. The molecule has 0 saturated heterocycles. The average molecular weight is 194 g/mol. The first-order valence-corrected chi connectivity index (χ1v) is 4.48. The van der Waals surface area contributed by atoms with E-state index in [-0.39, 0.29) is 6.42 Å². The summed E-state index contributed by atoms with van der Waals surface area (Å²) in [5.74, 6) is -1.17. The van der Waals surface area contributed by atoms with E-state index in [1.807, 2.05) is 32.0 Å². The Morgan fingerprint density at radius 2 is 1.86 bits per heavy atom. The Balaban J connectivity index is 2.91. The molecule has 0 fully saturated rings. The second-order valence-corrected chi connectivity index (χ2v) is 3.43. The van der Waals surface area contributed by atoms with E-state index in [0.717, 1.165) is 16.7 Å².